The van der Waals surface area contributed by atoms with E-state index in [0.717, 1.165) is 15.6 Å². The first-order valence-electron chi connectivity index (χ1n) is 6.33. The average Bonchev–Trinajstić information content (AvgIpc) is 2.38. The Labute approximate surface area is 126 Å². The van der Waals surface area contributed by atoms with Crippen molar-refractivity contribution in [2.45, 2.75) is 19.9 Å². The molecule has 4 heteroatoms. The van der Waals surface area contributed by atoms with Crippen LogP contribution in [0.15, 0.2) is 46.9 Å². The van der Waals surface area contributed by atoms with Gasteiger partial charge in [0.1, 0.15) is 5.75 Å². The third-order valence-corrected chi connectivity index (χ3v) is 3.64. The number of halogens is 1. The van der Waals surface area contributed by atoms with Gasteiger partial charge in [-0.15, -0.1) is 0 Å². The van der Waals surface area contributed by atoms with Gasteiger partial charge in [0.15, 0.2) is 0 Å². The molecule has 0 heterocycles. The van der Waals surface area contributed by atoms with Crippen LogP contribution in [0.2, 0.25) is 0 Å². The minimum absolute atomic E-state index is 0.0896. The molecule has 0 radical (unpaired) electrons. The van der Waals surface area contributed by atoms with Gasteiger partial charge in [0.2, 0.25) is 0 Å². The van der Waals surface area contributed by atoms with Gasteiger partial charge in [-0.3, -0.25) is 4.79 Å². The zero-order chi connectivity index (χ0) is 14.7. The van der Waals surface area contributed by atoms with Gasteiger partial charge in [0.05, 0.1) is 6.04 Å². The van der Waals surface area contributed by atoms with Crippen LogP contribution in [-0.4, -0.2) is 11.0 Å². The lowest BCUT2D eigenvalue weighted by molar-refractivity contribution is 0.0939. The minimum Gasteiger partial charge on any atom is -0.508 e. The molecule has 1 unspecified atom stereocenters. The summed E-state index contributed by atoms with van der Waals surface area (Å²) in [5.41, 5.74) is 2.36. The first-order chi connectivity index (χ1) is 9.47. The second-order valence-corrected chi connectivity index (χ2v) is 5.67. The largest absolute Gasteiger partial charge is 0.508 e. The van der Waals surface area contributed by atoms with Gasteiger partial charge < -0.3 is 10.4 Å². The molecule has 0 spiro atoms. The molecular weight excluding hydrogens is 318 g/mol. The highest BCUT2D eigenvalue weighted by atomic mass is 79.9. The van der Waals surface area contributed by atoms with Crippen molar-refractivity contribution in [1.29, 1.82) is 0 Å². The van der Waals surface area contributed by atoms with E-state index in [4.69, 9.17) is 0 Å². The van der Waals surface area contributed by atoms with E-state index < -0.39 is 0 Å². The fourth-order valence-corrected chi connectivity index (χ4v) is 2.45. The third kappa shape index (κ3) is 3.39. The standard InChI is InChI=1S/C16H16BrNO2/c1-10-8-14(19)6-7-15(10)16(20)18-11(2)12-4-3-5-13(17)9-12/h3-9,11,19H,1-2H3,(H,18,20). The molecule has 0 aliphatic carbocycles. The van der Waals surface area contributed by atoms with Crippen molar-refractivity contribution in [2.75, 3.05) is 0 Å². The number of aryl methyl sites for hydroxylation is 1. The number of amides is 1. The number of rotatable bonds is 3. The summed E-state index contributed by atoms with van der Waals surface area (Å²) >= 11 is 3.42. The van der Waals surface area contributed by atoms with E-state index in [1.807, 2.05) is 31.2 Å². The van der Waals surface area contributed by atoms with E-state index in [1.165, 1.54) is 6.07 Å². The van der Waals surface area contributed by atoms with Crippen molar-refractivity contribution in [3.8, 4) is 5.75 Å². The van der Waals surface area contributed by atoms with E-state index in [1.54, 1.807) is 19.1 Å². The second kappa shape index (κ2) is 6.09. The van der Waals surface area contributed by atoms with Gasteiger partial charge >= 0.3 is 0 Å². The summed E-state index contributed by atoms with van der Waals surface area (Å²) < 4.78 is 0.983. The number of carbonyl (C=O) groups is 1. The van der Waals surface area contributed by atoms with E-state index in [2.05, 4.69) is 21.2 Å². The normalized spacial score (nSPS) is 11.9. The molecule has 0 fully saturated rings. The van der Waals surface area contributed by atoms with Crippen molar-refractivity contribution in [1.82, 2.24) is 5.32 Å². The maximum atomic E-state index is 12.2. The summed E-state index contributed by atoms with van der Waals surface area (Å²) in [6, 6.07) is 12.5. The Morgan fingerprint density at radius 3 is 2.65 bits per heavy atom. The van der Waals surface area contributed by atoms with E-state index in [0.29, 0.717) is 5.56 Å². The van der Waals surface area contributed by atoms with Crippen molar-refractivity contribution >= 4 is 21.8 Å². The second-order valence-electron chi connectivity index (χ2n) is 4.75. The van der Waals surface area contributed by atoms with Gasteiger partial charge in [-0.25, -0.2) is 0 Å². The molecule has 2 N–H and O–H groups in total. The van der Waals surface area contributed by atoms with Crippen LogP contribution in [0.4, 0.5) is 0 Å². The quantitative estimate of drug-likeness (QED) is 0.893. The maximum absolute atomic E-state index is 12.2. The highest BCUT2D eigenvalue weighted by Gasteiger charge is 2.13. The Balaban J connectivity index is 2.15. The van der Waals surface area contributed by atoms with Gasteiger partial charge in [-0.1, -0.05) is 28.1 Å². The van der Waals surface area contributed by atoms with Crippen molar-refractivity contribution < 1.29 is 9.90 Å². The molecule has 104 valence electrons. The zero-order valence-electron chi connectivity index (χ0n) is 11.4. The number of carbonyl (C=O) groups excluding carboxylic acids is 1. The van der Waals surface area contributed by atoms with Gasteiger partial charge in [0, 0.05) is 10.0 Å². The summed E-state index contributed by atoms with van der Waals surface area (Å²) in [4.78, 5) is 12.2. The van der Waals surface area contributed by atoms with E-state index in [9.17, 15) is 9.90 Å². The summed E-state index contributed by atoms with van der Waals surface area (Å²) in [5, 5.41) is 12.3. The lowest BCUT2D eigenvalue weighted by Crippen LogP contribution is -2.27. The van der Waals surface area contributed by atoms with Crippen LogP contribution >= 0.6 is 15.9 Å². The smallest absolute Gasteiger partial charge is 0.252 e. The summed E-state index contributed by atoms with van der Waals surface area (Å²) in [6.45, 7) is 3.74. The van der Waals surface area contributed by atoms with Crippen LogP contribution in [0.25, 0.3) is 0 Å². The molecule has 3 nitrogen and oxygen atoms in total. The number of aromatic hydroxyl groups is 1. The van der Waals surface area contributed by atoms with Crippen molar-refractivity contribution in [2.24, 2.45) is 0 Å². The number of hydrogen-bond acceptors (Lipinski definition) is 2. The molecule has 20 heavy (non-hydrogen) atoms. The van der Waals surface area contributed by atoms with Crippen LogP contribution in [0, 0.1) is 6.92 Å². The van der Waals surface area contributed by atoms with Crippen LogP contribution in [-0.2, 0) is 0 Å². The lowest BCUT2D eigenvalue weighted by atomic mass is 10.1. The predicted molar refractivity (Wildman–Crippen MR) is 82.9 cm³/mol. The number of benzene rings is 2. The average molecular weight is 334 g/mol. The van der Waals surface area contributed by atoms with Gasteiger partial charge in [-0.2, -0.15) is 0 Å². The molecule has 1 amide bonds. The summed E-state index contributed by atoms with van der Waals surface area (Å²) in [7, 11) is 0. The fourth-order valence-electron chi connectivity index (χ4n) is 2.04. The minimum atomic E-state index is -0.144. The molecule has 1 atom stereocenters. The SMILES string of the molecule is Cc1cc(O)ccc1C(=O)NC(C)c1cccc(Br)c1. The Kier molecular flexibility index (Phi) is 4.45. The topological polar surface area (TPSA) is 49.3 Å². The van der Waals surface area contributed by atoms with Crippen LogP contribution in [0.1, 0.15) is 34.5 Å². The first-order valence-corrected chi connectivity index (χ1v) is 7.12. The first kappa shape index (κ1) is 14.6. The Morgan fingerprint density at radius 1 is 1.25 bits per heavy atom. The highest BCUT2D eigenvalue weighted by molar-refractivity contribution is 9.10. The number of hydrogen-bond donors (Lipinski definition) is 2. The Hall–Kier alpha value is -1.81. The predicted octanol–water partition coefficient (Wildman–Crippen LogP) is 3.95. The third-order valence-electron chi connectivity index (χ3n) is 3.15. The molecule has 0 aromatic heterocycles. The number of phenolic OH excluding ortho intramolecular Hbond substituents is 1. The molecular formula is C16H16BrNO2. The molecule has 2 rings (SSSR count). The molecule has 0 saturated heterocycles. The molecule has 2 aromatic carbocycles. The van der Waals surface area contributed by atoms with Crippen LogP contribution in [0.3, 0.4) is 0 Å². The van der Waals surface area contributed by atoms with Crippen LogP contribution in [0.5, 0.6) is 5.75 Å². The number of phenols is 1. The van der Waals surface area contributed by atoms with Crippen molar-refractivity contribution in [3.05, 3.63) is 63.6 Å². The molecule has 0 aliphatic heterocycles. The molecule has 0 bridgehead atoms. The highest BCUT2D eigenvalue weighted by Crippen LogP contribution is 2.20. The summed E-state index contributed by atoms with van der Waals surface area (Å²) in [6.07, 6.45) is 0. The van der Waals surface area contributed by atoms with Crippen LogP contribution < -0.4 is 5.32 Å². The van der Waals surface area contributed by atoms with Gasteiger partial charge in [-0.05, 0) is 55.3 Å². The zero-order valence-corrected chi connectivity index (χ0v) is 12.9. The summed E-state index contributed by atoms with van der Waals surface area (Å²) in [5.74, 6) is 0.0223. The van der Waals surface area contributed by atoms with E-state index >= 15 is 0 Å². The monoisotopic (exact) mass is 333 g/mol. The van der Waals surface area contributed by atoms with E-state index in [-0.39, 0.29) is 17.7 Å². The molecule has 0 aliphatic rings. The number of nitrogens with one attached hydrogen (secondary N) is 1. The fraction of sp³-hybridized carbons (Fsp3) is 0.188. The molecule has 0 saturated carbocycles. The van der Waals surface area contributed by atoms with Gasteiger partial charge in [0.25, 0.3) is 5.91 Å². The van der Waals surface area contributed by atoms with Crippen molar-refractivity contribution in [3.63, 3.8) is 0 Å². The Morgan fingerprint density at radius 2 is 2.00 bits per heavy atom. The molecule has 2 aromatic rings. The maximum Gasteiger partial charge on any atom is 0.252 e. The Bertz CT molecular complexity index is 640. The lowest BCUT2D eigenvalue weighted by Gasteiger charge is -2.15.